The van der Waals surface area contributed by atoms with Gasteiger partial charge in [0.1, 0.15) is 6.61 Å². The van der Waals surface area contributed by atoms with Crippen LogP contribution in [0.4, 0.5) is 0 Å². The molecule has 0 aliphatic carbocycles. The first-order valence-corrected chi connectivity index (χ1v) is 6.51. The summed E-state index contributed by atoms with van der Waals surface area (Å²) in [5.41, 5.74) is 1.10. The molecule has 3 heteroatoms. The molecule has 0 aromatic heterocycles. The van der Waals surface area contributed by atoms with Crippen molar-refractivity contribution in [1.29, 1.82) is 0 Å². The molecular formula is C17H18O3. The molecule has 1 N–H and O–H groups in total. The quantitative estimate of drug-likeness (QED) is 0.867. The van der Waals surface area contributed by atoms with Gasteiger partial charge in [-0.25, -0.2) is 4.79 Å². The molecule has 0 unspecified atom stereocenters. The van der Waals surface area contributed by atoms with Crippen LogP contribution in [0.5, 0.6) is 0 Å². The average molecular weight is 270 g/mol. The topological polar surface area (TPSA) is 46.5 Å². The van der Waals surface area contributed by atoms with Crippen LogP contribution in [0.2, 0.25) is 0 Å². The molecule has 0 spiro atoms. The van der Waals surface area contributed by atoms with E-state index in [9.17, 15) is 9.90 Å². The van der Waals surface area contributed by atoms with Crippen LogP contribution in [0.15, 0.2) is 54.6 Å². The highest BCUT2D eigenvalue weighted by Crippen LogP contribution is 2.20. The average Bonchev–Trinajstić information content (AvgIpc) is 2.45. The Hall–Kier alpha value is -2.13. The van der Waals surface area contributed by atoms with E-state index in [1.807, 2.05) is 30.3 Å². The second kappa shape index (κ2) is 5.88. The summed E-state index contributed by atoms with van der Waals surface area (Å²) in [4.78, 5) is 12.0. The largest absolute Gasteiger partial charge is 0.457 e. The lowest BCUT2D eigenvalue weighted by Gasteiger charge is -2.18. The molecule has 0 heterocycles. The fourth-order valence-electron chi connectivity index (χ4n) is 1.83. The van der Waals surface area contributed by atoms with Crippen molar-refractivity contribution in [3.8, 4) is 0 Å². The van der Waals surface area contributed by atoms with Crippen molar-refractivity contribution >= 4 is 5.97 Å². The van der Waals surface area contributed by atoms with E-state index in [-0.39, 0.29) is 12.6 Å². The van der Waals surface area contributed by atoms with E-state index < -0.39 is 5.60 Å². The second-order valence-corrected chi connectivity index (χ2v) is 5.20. The predicted octanol–water partition coefficient (Wildman–Crippen LogP) is 3.27. The van der Waals surface area contributed by atoms with Gasteiger partial charge in [0.05, 0.1) is 11.2 Å². The Labute approximate surface area is 118 Å². The first-order valence-electron chi connectivity index (χ1n) is 6.51. The number of carbonyl (C=O) groups excluding carboxylic acids is 1. The highest BCUT2D eigenvalue weighted by molar-refractivity contribution is 5.89. The third-order valence-corrected chi connectivity index (χ3v) is 3.02. The molecule has 2 rings (SSSR count). The number of rotatable bonds is 4. The van der Waals surface area contributed by atoms with Gasteiger partial charge in [0.2, 0.25) is 0 Å². The Morgan fingerprint density at radius 3 is 2.45 bits per heavy atom. The van der Waals surface area contributed by atoms with Crippen LogP contribution in [0.1, 0.15) is 35.3 Å². The van der Waals surface area contributed by atoms with Crippen molar-refractivity contribution in [1.82, 2.24) is 0 Å². The molecule has 0 saturated heterocycles. The zero-order valence-corrected chi connectivity index (χ0v) is 11.7. The van der Waals surface area contributed by atoms with Gasteiger partial charge < -0.3 is 9.84 Å². The van der Waals surface area contributed by atoms with Crippen molar-refractivity contribution < 1.29 is 14.6 Å². The lowest BCUT2D eigenvalue weighted by molar-refractivity contribution is 0.0471. The van der Waals surface area contributed by atoms with Crippen molar-refractivity contribution in [3.05, 3.63) is 71.3 Å². The molecule has 2 aromatic carbocycles. The van der Waals surface area contributed by atoms with Crippen molar-refractivity contribution in [2.24, 2.45) is 0 Å². The lowest BCUT2D eigenvalue weighted by atomic mass is 9.97. The first-order chi connectivity index (χ1) is 9.47. The Balaban J connectivity index is 2.06. The van der Waals surface area contributed by atoms with Gasteiger partial charge in [-0.05, 0) is 37.1 Å². The molecule has 0 aliphatic rings. The van der Waals surface area contributed by atoms with Crippen LogP contribution in [0.25, 0.3) is 0 Å². The Morgan fingerprint density at radius 2 is 1.80 bits per heavy atom. The third-order valence-electron chi connectivity index (χ3n) is 3.02. The van der Waals surface area contributed by atoms with Gasteiger partial charge in [-0.1, -0.05) is 42.5 Å². The predicted molar refractivity (Wildman–Crippen MR) is 77.2 cm³/mol. The SMILES string of the molecule is CC(C)(O)c1cccc(C(=O)OCc2ccccc2)c1. The summed E-state index contributed by atoms with van der Waals surface area (Å²) < 4.78 is 5.26. The fourth-order valence-corrected chi connectivity index (χ4v) is 1.83. The molecule has 0 atom stereocenters. The molecule has 0 radical (unpaired) electrons. The summed E-state index contributed by atoms with van der Waals surface area (Å²) in [6, 6.07) is 16.4. The van der Waals surface area contributed by atoms with Gasteiger partial charge in [0.25, 0.3) is 0 Å². The lowest BCUT2D eigenvalue weighted by Crippen LogP contribution is -2.16. The van der Waals surface area contributed by atoms with Crippen molar-refractivity contribution in [2.75, 3.05) is 0 Å². The standard InChI is InChI=1S/C17H18O3/c1-17(2,19)15-10-6-9-14(11-15)16(18)20-12-13-7-4-3-5-8-13/h3-11,19H,12H2,1-2H3. The van der Waals surface area contributed by atoms with E-state index in [2.05, 4.69) is 0 Å². The summed E-state index contributed by atoms with van der Waals surface area (Å²) >= 11 is 0. The molecule has 2 aromatic rings. The third kappa shape index (κ3) is 3.68. The molecular weight excluding hydrogens is 252 g/mol. The van der Waals surface area contributed by atoms with Gasteiger partial charge in [-0.3, -0.25) is 0 Å². The maximum Gasteiger partial charge on any atom is 0.338 e. The highest BCUT2D eigenvalue weighted by atomic mass is 16.5. The van der Waals surface area contributed by atoms with Crippen LogP contribution >= 0.6 is 0 Å². The molecule has 0 saturated carbocycles. The smallest absolute Gasteiger partial charge is 0.338 e. The highest BCUT2D eigenvalue weighted by Gasteiger charge is 2.17. The molecule has 0 bridgehead atoms. The van der Waals surface area contributed by atoms with Gasteiger partial charge in [0, 0.05) is 0 Å². The Bertz CT molecular complexity index is 583. The fraction of sp³-hybridized carbons (Fsp3) is 0.235. The van der Waals surface area contributed by atoms with E-state index in [1.54, 1.807) is 38.1 Å². The van der Waals surface area contributed by atoms with Crippen LogP contribution < -0.4 is 0 Å². The van der Waals surface area contributed by atoms with Gasteiger partial charge in [-0.15, -0.1) is 0 Å². The number of carbonyl (C=O) groups is 1. The van der Waals surface area contributed by atoms with Gasteiger partial charge in [0.15, 0.2) is 0 Å². The number of hydrogen-bond donors (Lipinski definition) is 1. The van der Waals surface area contributed by atoms with E-state index in [1.165, 1.54) is 0 Å². The van der Waals surface area contributed by atoms with Crippen molar-refractivity contribution in [2.45, 2.75) is 26.1 Å². The zero-order chi connectivity index (χ0) is 14.6. The maximum absolute atomic E-state index is 12.0. The number of ether oxygens (including phenoxy) is 1. The van der Waals surface area contributed by atoms with Crippen LogP contribution in [0.3, 0.4) is 0 Å². The first kappa shape index (κ1) is 14.3. The summed E-state index contributed by atoms with van der Waals surface area (Å²) in [6.45, 7) is 3.61. The number of hydrogen-bond acceptors (Lipinski definition) is 3. The normalized spacial score (nSPS) is 11.2. The Kier molecular flexibility index (Phi) is 4.20. The number of esters is 1. The molecule has 3 nitrogen and oxygen atoms in total. The molecule has 0 aliphatic heterocycles. The van der Waals surface area contributed by atoms with Gasteiger partial charge >= 0.3 is 5.97 Å². The van der Waals surface area contributed by atoms with Crippen molar-refractivity contribution in [3.63, 3.8) is 0 Å². The Morgan fingerprint density at radius 1 is 1.10 bits per heavy atom. The summed E-state index contributed by atoms with van der Waals surface area (Å²) in [5.74, 6) is -0.389. The molecule has 0 amide bonds. The molecule has 104 valence electrons. The minimum absolute atomic E-state index is 0.242. The maximum atomic E-state index is 12.0. The summed E-state index contributed by atoms with van der Waals surface area (Å²) in [6.07, 6.45) is 0. The molecule has 20 heavy (non-hydrogen) atoms. The van der Waals surface area contributed by atoms with E-state index >= 15 is 0 Å². The van der Waals surface area contributed by atoms with E-state index in [4.69, 9.17) is 4.74 Å². The van der Waals surface area contributed by atoms with Gasteiger partial charge in [-0.2, -0.15) is 0 Å². The minimum atomic E-state index is -0.976. The zero-order valence-electron chi connectivity index (χ0n) is 11.7. The monoisotopic (exact) mass is 270 g/mol. The van der Waals surface area contributed by atoms with Crippen LogP contribution in [0, 0.1) is 0 Å². The van der Waals surface area contributed by atoms with E-state index in [0.717, 1.165) is 5.56 Å². The number of aliphatic hydroxyl groups is 1. The second-order valence-electron chi connectivity index (χ2n) is 5.20. The van der Waals surface area contributed by atoms with Crippen LogP contribution in [-0.4, -0.2) is 11.1 Å². The molecule has 0 fully saturated rings. The minimum Gasteiger partial charge on any atom is -0.457 e. The number of benzene rings is 2. The van der Waals surface area contributed by atoms with E-state index in [0.29, 0.717) is 11.1 Å². The summed E-state index contributed by atoms with van der Waals surface area (Å²) in [5, 5.41) is 9.95. The summed E-state index contributed by atoms with van der Waals surface area (Å²) in [7, 11) is 0. The van der Waals surface area contributed by atoms with Crippen LogP contribution in [-0.2, 0) is 16.9 Å².